The van der Waals surface area contributed by atoms with E-state index in [9.17, 15) is 24.3 Å². The van der Waals surface area contributed by atoms with E-state index in [1.807, 2.05) is 37.3 Å². The summed E-state index contributed by atoms with van der Waals surface area (Å²) in [5.41, 5.74) is 3.71. The van der Waals surface area contributed by atoms with Crippen LogP contribution in [-0.2, 0) is 60.2 Å². The third-order valence-electron chi connectivity index (χ3n) is 9.06. The minimum Gasteiger partial charge on any atom is -0.494 e. The predicted octanol–water partition coefficient (Wildman–Crippen LogP) is 1.95. The van der Waals surface area contributed by atoms with Crippen molar-refractivity contribution in [3.05, 3.63) is 86.7 Å². The van der Waals surface area contributed by atoms with Gasteiger partial charge in [-0.3, -0.25) is 19.3 Å². The summed E-state index contributed by atoms with van der Waals surface area (Å²) in [4.78, 5) is 56.8. The Bertz CT molecular complexity index is 2010. The Morgan fingerprint density at radius 2 is 1.68 bits per heavy atom. The highest BCUT2D eigenvalue weighted by Crippen LogP contribution is 2.40. The molecule has 3 aliphatic heterocycles. The zero-order valence-corrected chi connectivity index (χ0v) is 26.2. The van der Waals surface area contributed by atoms with Gasteiger partial charge in [0.05, 0.1) is 42.1 Å². The lowest BCUT2D eigenvalue weighted by atomic mass is 9.78. The van der Waals surface area contributed by atoms with Gasteiger partial charge in [-0.25, -0.2) is 9.78 Å². The van der Waals surface area contributed by atoms with E-state index in [-0.39, 0.29) is 49.4 Å². The molecule has 1 atom stereocenters. The van der Waals surface area contributed by atoms with Crippen LogP contribution in [0.1, 0.15) is 48.1 Å². The molecule has 7 rings (SSSR count). The van der Waals surface area contributed by atoms with Crippen LogP contribution < -0.4 is 15.8 Å². The van der Waals surface area contributed by atoms with Gasteiger partial charge in [0.2, 0.25) is 0 Å². The molecule has 12 nitrogen and oxygen atoms in total. The largest absolute Gasteiger partial charge is 0.636 e. The van der Waals surface area contributed by atoms with Crippen molar-refractivity contribution >= 4 is 41.4 Å². The average molecular weight is 637 g/mol. The molecule has 0 unspecified atom stereocenters. The summed E-state index contributed by atoms with van der Waals surface area (Å²) in [7, 11) is 0.531. The first-order valence-corrected chi connectivity index (χ1v) is 15.5. The molecule has 0 amide bonds. The maximum Gasteiger partial charge on any atom is 0.636 e. The number of carbonyl (C=O) groups excluding carboxylic acids is 3. The van der Waals surface area contributed by atoms with Crippen molar-refractivity contribution in [2.45, 2.75) is 52.0 Å². The van der Waals surface area contributed by atoms with E-state index in [4.69, 9.17) is 23.8 Å². The quantitative estimate of drug-likeness (QED) is 0.215. The molecular formula is C34H32BN3O9. The summed E-state index contributed by atoms with van der Waals surface area (Å²) in [5, 5.41) is 12.1. The molecule has 0 radical (unpaired) electrons. The van der Waals surface area contributed by atoms with Crippen molar-refractivity contribution in [2.75, 3.05) is 20.1 Å². The normalized spacial score (nSPS) is 19.2. The molecule has 0 bridgehead atoms. The summed E-state index contributed by atoms with van der Waals surface area (Å²) < 4.78 is 23.7. The van der Waals surface area contributed by atoms with E-state index in [1.54, 1.807) is 36.7 Å². The Morgan fingerprint density at radius 1 is 0.957 bits per heavy atom. The zero-order chi connectivity index (χ0) is 33.0. The average Bonchev–Trinajstić information content (AvgIpc) is 3.42. The SMILES string of the molecule is CCc1c2c(nc3ccc(OCc4ccc(B5OC(=O)CN(C)CC(=O)O5)cc4)cc13)-c1cc3c(c(=O)n1C2)COC(=O)[C@]3(O)CC. The number of aliphatic hydroxyl groups is 1. The molecule has 0 saturated carbocycles. The number of hydrogen-bond donors (Lipinski definition) is 1. The van der Waals surface area contributed by atoms with Crippen LogP contribution in [0.4, 0.5) is 0 Å². The highest BCUT2D eigenvalue weighted by atomic mass is 16.6. The fourth-order valence-electron chi connectivity index (χ4n) is 6.54. The molecule has 13 heteroatoms. The van der Waals surface area contributed by atoms with Gasteiger partial charge >= 0.3 is 25.0 Å². The van der Waals surface area contributed by atoms with Crippen LogP contribution >= 0.6 is 0 Å². The van der Waals surface area contributed by atoms with Crippen molar-refractivity contribution in [3.8, 4) is 17.1 Å². The van der Waals surface area contributed by atoms with E-state index >= 15 is 0 Å². The Kier molecular flexibility index (Phi) is 7.60. The second-order valence-corrected chi connectivity index (χ2v) is 12.1. The third-order valence-corrected chi connectivity index (χ3v) is 9.06. The molecule has 0 spiro atoms. The summed E-state index contributed by atoms with van der Waals surface area (Å²) in [6.07, 6.45) is 0.762. The molecule has 47 heavy (non-hydrogen) atoms. The Morgan fingerprint density at radius 3 is 2.36 bits per heavy atom. The van der Waals surface area contributed by atoms with Crippen molar-refractivity contribution in [1.82, 2.24) is 14.5 Å². The number of fused-ring (bicyclic) bond motifs is 5. The van der Waals surface area contributed by atoms with Gasteiger partial charge in [0, 0.05) is 22.0 Å². The van der Waals surface area contributed by atoms with Crippen molar-refractivity contribution in [1.29, 1.82) is 0 Å². The van der Waals surface area contributed by atoms with Crippen molar-refractivity contribution < 1.29 is 38.3 Å². The Hall–Kier alpha value is -5.01. The maximum atomic E-state index is 13.6. The van der Waals surface area contributed by atoms with Gasteiger partial charge in [0.1, 0.15) is 19.0 Å². The number of hydrogen-bond acceptors (Lipinski definition) is 11. The number of nitrogens with zero attached hydrogens (tertiary/aromatic N) is 3. The fourth-order valence-corrected chi connectivity index (χ4v) is 6.54. The van der Waals surface area contributed by atoms with Crippen LogP contribution in [0.5, 0.6) is 5.75 Å². The molecule has 1 N–H and O–H groups in total. The second-order valence-electron chi connectivity index (χ2n) is 12.1. The summed E-state index contributed by atoms with van der Waals surface area (Å²) >= 11 is 0. The molecular weight excluding hydrogens is 605 g/mol. The number of likely N-dealkylation sites (N-methyl/N-ethyl adjacent to an activating group) is 1. The van der Waals surface area contributed by atoms with E-state index in [0.29, 0.717) is 35.6 Å². The standard InChI is InChI=1S/C34H32BN3O9/c1-4-22-23-12-21(44-17-19-6-8-20(9-7-19)35-46-29(39)15-37(3)16-30(40)47-35)10-11-27(23)36-31-24(22)14-38-28(31)13-26-25(32(38)41)18-45-33(42)34(26,43)5-2/h6-13,43H,4-5,14-18H2,1-3H3/t34-/m0/s1. The summed E-state index contributed by atoms with van der Waals surface area (Å²) in [6.45, 7) is 4.12. The molecule has 5 heterocycles. The fraction of sp³-hybridized carbons (Fsp3) is 0.324. The predicted molar refractivity (Wildman–Crippen MR) is 170 cm³/mol. The van der Waals surface area contributed by atoms with E-state index in [0.717, 1.165) is 27.6 Å². The number of pyridine rings is 2. The lowest BCUT2D eigenvalue weighted by Gasteiger charge is -2.31. The number of esters is 1. The van der Waals surface area contributed by atoms with Crippen LogP contribution in [0.25, 0.3) is 22.3 Å². The number of cyclic esters (lactones) is 1. The van der Waals surface area contributed by atoms with Crippen molar-refractivity contribution in [2.24, 2.45) is 0 Å². The number of aromatic nitrogens is 2. The first-order valence-electron chi connectivity index (χ1n) is 15.5. The van der Waals surface area contributed by atoms with Gasteiger partial charge in [-0.2, -0.15) is 0 Å². The topological polar surface area (TPSA) is 146 Å². The number of benzene rings is 2. The molecule has 2 aromatic carbocycles. The molecule has 2 aromatic heterocycles. The van der Waals surface area contributed by atoms with Crippen LogP contribution in [-0.4, -0.2) is 64.7 Å². The van der Waals surface area contributed by atoms with Crippen LogP contribution in [0, 0.1) is 0 Å². The summed E-state index contributed by atoms with van der Waals surface area (Å²) in [6, 6.07) is 14.5. The van der Waals surface area contributed by atoms with Crippen LogP contribution in [0.15, 0.2) is 53.3 Å². The highest BCUT2D eigenvalue weighted by Gasteiger charge is 2.45. The number of carbonyl (C=O) groups is 3. The molecule has 1 fully saturated rings. The van der Waals surface area contributed by atoms with Gasteiger partial charge in [0.15, 0.2) is 5.60 Å². The maximum absolute atomic E-state index is 13.6. The number of rotatable bonds is 6. The molecule has 0 aliphatic carbocycles. The van der Waals surface area contributed by atoms with Crippen molar-refractivity contribution in [3.63, 3.8) is 0 Å². The van der Waals surface area contributed by atoms with Gasteiger partial charge in [-0.15, -0.1) is 0 Å². The van der Waals surface area contributed by atoms with Gasteiger partial charge in [-0.05, 0) is 55.3 Å². The molecule has 1 saturated heterocycles. The molecule has 4 aromatic rings. The second kappa shape index (κ2) is 11.7. The van der Waals surface area contributed by atoms with E-state index in [1.165, 1.54) is 4.90 Å². The van der Waals surface area contributed by atoms with Crippen LogP contribution in [0.2, 0.25) is 0 Å². The number of aryl methyl sites for hydroxylation is 1. The Balaban J connectivity index is 1.14. The molecule has 3 aliphatic rings. The summed E-state index contributed by atoms with van der Waals surface area (Å²) in [5.74, 6) is -1.08. The molecule has 240 valence electrons. The monoisotopic (exact) mass is 637 g/mol. The smallest absolute Gasteiger partial charge is 0.494 e. The van der Waals surface area contributed by atoms with Gasteiger partial charge < -0.3 is 28.5 Å². The van der Waals surface area contributed by atoms with Crippen LogP contribution in [0.3, 0.4) is 0 Å². The zero-order valence-electron chi connectivity index (χ0n) is 26.2. The number of ether oxygens (including phenoxy) is 2. The van der Waals surface area contributed by atoms with E-state index in [2.05, 4.69) is 0 Å². The third kappa shape index (κ3) is 5.25. The Labute approximate surface area is 270 Å². The lowest BCUT2D eigenvalue weighted by molar-refractivity contribution is -0.172. The highest BCUT2D eigenvalue weighted by molar-refractivity contribution is 6.64. The lowest BCUT2D eigenvalue weighted by Crippen LogP contribution is -2.47. The van der Waals surface area contributed by atoms with Gasteiger partial charge in [0.25, 0.3) is 5.56 Å². The van der Waals surface area contributed by atoms with E-state index < -0.39 is 30.6 Å². The van der Waals surface area contributed by atoms with Gasteiger partial charge in [-0.1, -0.05) is 38.1 Å². The first-order chi connectivity index (χ1) is 22.6. The minimum atomic E-state index is -1.88. The first kappa shape index (κ1) is 30.6. The minimum absolute atomic E-state index is 0.00440.